The number of hydrogen-bond donors (Lipinski definition) is 1. The Bertz CT molecular complexity index is 428. The van der Waals surface area contributed by atoms with Crippen molar-refractivity contribution in [1.29, 1.82) is 0 Å². The molecule has 0 amide bonds. The van der Waals surface area contributed by atoms with Gasteiger partial charge in [0.25, 0.3) is 0 Å². The summed E-state index contributed by atoms with van der Waals surface area (Å²) in [5.74, 6) is 1.61. The molecule has 1 aliphatic heterocycles. The van der Waals surface area contributed by atoms with Gasteiger partial charge in [0, 0.05) is 6.04 Å². The molecule has 1 heterocycles. The van der Waals surface area contributed by atoms with Gasteiger partial charge in [0.15, 0.2) is 11.5 Å². The molecule has 2 rings (SSSR count). The molecule has 1 N–H and O–H groups in total. The fourth-order valence-electron chi connectivity index (χ4n) is 2.60. The van der Waals surface area contributed by atoms with Gasteiger partial charge in [-0.05, 0) is 65.9 Å². The Morgan fingerprint density at radius 2 is 2.06 bits per heavy atom. The SMILES string of the molecule is COc1c(Br)cc(CC2CCCN2)c(C)c1OC. The van der Waals surface area contributed by atoms with Crippen LogP contribution < -0.4 is 14.8 Å². The predicted octanol–water partition coefficient (Wildman–Crippen LogP) is 3.07. The highest BCUT2D eigenvalue weighted by molar-refractivity contribution is 9.10. The maximum absolute atomic E-state index is 5.48. The average Bonchev–Trinajstić information content (AvgIpc) is 2.85. The average molecular weight is 314 g/mol. The zero-order valence-electron chi connectivity index (χ0n) is 11.2. The number of methoxy groups -OCH3 is 2. The van der Waals surface area contributed by atoms with E-state index in [1.807, 2.05) is 0 Å². The lowest BCUT2D eigenvalue weighted by molar-refractivity contribution is 0.350. The highest BCUT2D eigenvalue weighted by Gasteiger charge is 2.20. The van der Waals surface area contributed by atoms with E-state index in [9.17, 15) is 0 Å². The lowest BCUT2D eigenvalue weighted by Gasteiger charge is -2.18. The van der Waals surface area contributed by atoms with E-state index in [4.69, 9.17) is 9.47 Å². The molecule has 1 aliphatic rings. The van der Waals surface area contributed by atoms with Crippen LogP contribution in [-0.2, 0) is 6.42 Å². The van der Waals surface area contributed by atoms with Crippen molar-refractivity contribution in [1.82, 2.24) is 5.32 Å². The van der Waals surface area contributed by atoms with Crippen molar-refractivity contribution in [2.45, 2.75) is 32.2 Å². The number of halogens is 1. The maximum Gasteiger partial charge on any atom is 0.175 e. The first-order valence-corrected chi connectivity index (χ1v) is 7.10. The monoisotopic (exact) mass is 313 g/mol. The molecule has 1 fully saturated rings. The summed E-state index contributed by atoms with van der Waals surface area (Å²) in [5.41, 5.74) is 2.49. The van der Waals surface area contributed by atoms with Crippen LogP contribution in [0.1, 0.15) is 24.0 Å². The first kappa shape index (κ1) is 13.7. The Kier molecular flexibility index (Phi) is 4.51. The molecule has 1 saturated heterocycles. The van der Waals surface area contributed by atoms with Crippen LogP contribution in [0.4, 0.5) is 0 Å². The Morgan fingerprint density at radius 3 is 2.61 bits per heavy atom. The lowest BCUT2D eigenvalue weighted by atomic mass is 9.99. The minimum absolute atomic E-state index is 0.591. The highest BCUT2D eigenvalue weighted by atomic mass is 79.9. The van der Waals surface area contributed by atoms with Crippen molar-refractivity contribution in [3.05, 3.63) is 21.7 Å². The number of benzene rings is 1. The molecule has 1 aromatic carbocycles. The first-order chi connectivity index (χ1) is 8.67. The van der Waals surface area contributed by atoms with E-state index in [2.05, 4.69) is 34.2 Å². The van der Waals surface area contributed by atoms with E-state index in [1.165, 1.54) is 24.0 Å². The van der Waals surface area contributed by atoms with Crippen LogP contribution in [0.3, 0.4) is 0 Å². The number of rotatable bonds is 4. The zero-order chi connectivity index (χ0) is 13.1. The molecule has 100 valence electrons. The summed E-state index contributed by atoms with van der Waals surface area (Å²) >= 11 is 3.56. The molecule has 3 nitrogen and oxygen atoms in total. The van der Waals surface area contributed by atoms with Gasteiger partial charge in [-0.2, -0.15) is 0 Å². The van der Waals surface area contributed by atoms with Crippen molar-refractivity contribution >= 4 is 15.9 Å². The van der Waals surface area contributed by atoms with Crippen LogP contribution in [0.5, 0.6) is 11.5 Å². The van der Waals surface area contributed by atoms with E-state index in [1.54, 1.807) is 14.2 Å². The molecule has 0 aromatic heterocycles. The smallest absolute Gasteiger partial charge is 0.175 e. The number of hydrogen-bond acceptors (Lipinski definition) is 3. The van der Waals surface area contributed by atoms with Crippen molar-refractivity contribution in [2.24, 2.45) is 0 Å². The second kappa shape index (κ2) is 5.93. The van der Waals surface area contributed by atoms with Crippen LogP contribution in [0.25, 0.3) is 0 Å². The van der Waals surface area contributed by atoms with E-state index in [-0.39, 0.29) is 0 Å². The molecule has 4 heteroatoms. The van der Waals surface area contributed by atoms with Crippen LogP contribution in [0, 0.1) is 6.92 Å². The maximum atomic E-state index is 5.48. The van der Waals surface area contributed by atoms with Gasteiger partial charge in [-0.3, -0.25) is 0 Å². The van der Waals surface area contributed by atoms with Crippen LogP contribution in [-0.4, -0.2) is 26.8 Å². The van der Waals surface area contributed by atoms with Crippen molar-refractivity contribution in [3.8, 4) is 11.5 Å². The molecule has 1 atom stereocenters. The first-order valence-electron chi connectivity index (χ1n) is 6.30. The van der Waals surface area contributed by atoms with Gasteiger partial charge in [0.1, 0.15) is 0 Å². The van der Waals surface area contributed by atoms with Gasteiger partial charge in [-0.15, -0.1) is 0 Å². The normalized spacial score (nSPS) is 19.0. The second-order valence-electron chi connectivity index (χ2n) is 4.71. The third-order valence-electron chi connectivity index (χ3n) is 3.58. The molecule has 1 unspecified atom stereocenters. The van der Waals surface area contributed by atoms with Gasteiger partial charge in [-0.25, -0.2) is 0 Å². The molecule has 1 aromatic rings. The van der Waals surface area contributed by atoms with Gasteiger partial charge in [0.2, 0.25) is 0 Å². The summed E-state index contributed by atoms with van der Waals surface area (Å²) in [5, 5.41) is 3.53. The Morgan fingerprint density at radius 1 is 1.33 bits per heavy atom. The van der Waals surface area contributed by atoms with Crippen molar-refractivity contribution in [3.63, 3.8) is 0 Å². The molecule has 0 bridgehead atoms. The van der Waals surface area contributed by atoms with Crippen LogP contribution >= 0.6 is 15.9 Å². The zero-order valence-corrected chi connectivity index (χ0v) is 12.8. The minimum atomic E-state index is 0.591. The highest BCUT2D eigenvalue weighted by Crippen LogP contribution is 2.40. The van der Waals surface area contributed by atoms with Crippen LogP contribution in [0.15, 0.2) is 10.5 Å². The van der Waals surface area contributed by atoms with E-state index < -0.39 is 0 Å². The van der Waals surface area contributed by atoms with Gasteiger partial charge < -0.3 is 14.8 Å². The molecular formula is C14H20BrNO2. The summed E-state index contributed by atoms with van der Waals surface area (Å²) in [6, 6.07) is 2.74. The largest absolute Gasteiger partial charge is 0.493 e. The topological polar surface area (TPSA) is 30.5 Å². The van der Waals surface area contributed by atoms with Gasteiger partial charge in [0.05, 0.1) is 18.7 Å². The minimum Gasteiger partial charge on any atom is -0.493 e. The number of nitrogens with one attached hydrogen (secondary N) is 1. The van der Waals surface area contributed by atoms with Crippen LogP contribution in [0.2, 0.25) is 0 Å². The van der Waals surface area contributed by atoms with E-state index in [0.717, 1.165) is 28.9 Å². The molecule has 0 aliphatic carbocycles. The van der Waals surface area contributed by atoms with Crippen molar-refractivity contribution in [2.75, 3.05) is 20.8 Å². The summed E-state index contributed by atoms with van der Waals surface area (Å²) < 4.78 is 11.8. The third-order valence-corrected chi connectivity index (χ3v) is 4.17. The van der Waals surface area contributed by atoms with E-state index in [0.29, 0.717) is 6.04 Å². The molecule has 0 saturated carbocycles. The molecule has 0 radical (unpaired) electrons. The number of ether oxygens (including phenoxy) is 2. The van der Waals surface area contributed by atoms with E-state index >= 15 is 0 Å². The second-order valence-corrected chi connectivity index (χ2v) is 5.56. The Hall–Kier alpha value is -0.740. The summed E-state index contributed by atoms with van der Waals surface area (Å²) in [6.07, 6.45) is 3.58. The molecular weight excluding hydrogens is 294 g/mol. The quantitative estimate of drug-likeness (QED) is 0.926. The molecule has 0 spiro atoms. The van der Waals surface area contributed by atoms with Gasteiger partial charge in [-0.1, -0.05) is 0 Å². The fourth-order valence-corrected chi connectivity index (χ4v) is 3.21. The summed E-state index contributed by atoms with van der Waals surface area (Å²) in [4.78, 5) is 0. The fraction of sp³-hybridized carbons (Fsp3) is 0.571. The summed E-state index contributed by atoms with van der Waals surface area (Å²) in [6.45, 7) is 3.23. The standard InChI is InChI=1S/C14H20BrNO2/c1-9-10(7-11-5-4-6-16-11)8-12(15)14(18-3)13(9)17-2/h8,11,16H,4-7H2,1-3H3. The Labute approximate surface area is 117 Å². The Balaban J connectivity index is 2.32. The molecule has 18 heavy (non-hydrogen) atoms. The third kappa shape index (κ3) is 2.64. The van der Waals surface area contributed by atoms with Crippen molar-refractivity contribution < 1.29 is 9.47 Å². The lowest BCUT2D eigenvalue weighted by Crippen LogP contribution is -2.24. The predicted molar refractivity (Wildman–Crippen MR) is 76.7 cm³/mol. The summed E-state index contributed by atoms with van der Waals surface area (Å²) in [7, 11) is 3.36. The van der Waals surface area contributed by atoms with Gasteiger partial charge >= 0.3 is 0 Å².